The molecule has 1 aromatic heterocycles. The van der Waals surface area contributed by atoms with Crippen LogP contribution in [-0.2, 0) is 4.79 Å². The van der Waals surface area contributed by atoms with Gasteiger partial charge in [-0.15, -0.1) is 0 Å². The van der Waals surface area contributed by atoms with Crippen molar-refractivity contribution in [3.63, 3.8) is 0 Å². The molecule has 0 unspecified atom stereocenters. The molecule has 3 rings (SSSR count). The number of pyridine rings is 1. The standard InChI is InChI=1S/C20H19ClN2O2/c1-3-17(24)23-18(13-8-6-12(2)7-9-13)15-11-16(21)14-5-4-10-22-19(14)20(15)25/h4-11,18,25H,3H2,1-2H3,(H,23,24)/t18-/m1/s1. The number of nitrogens with zero attached hydrogens (tertiary/aromatic N) is 1. The van der Waals surface area contributed by atoms with E-state index in [0.29, 0.717) is 27.9 Å². The summed E-state index contributed by atoms with van der Waals surface area (Å²) in [5.41, 5.74) is 2.94. The molecule has 1 heterocycles. The third-order valence-electron chi connectivity index (χ3n) is 4.19. The van der Waals surface area contributed by atoms with Crippen LogP contribution in [0.15, 0.2) is 48.7 Å². The van der Waals surface area contributed by atoms with E-state index in [-0.39, 0.29) is 11.7 Å². The van der Waals surface area contributed by atoms with Gasteiger partial charge in [0.05, 0.1) is 11.1 Å². The van der Waals surface area contributed by atoms with Crippen molar-refractivity contribution in [3.8, 4) is 5.75 Å². The van der Waals surface area contributed by atoms with Crippen molar-refractivity contribution in [2.45, 2.75) is 26.3 Å². The summed E-state index contributed by atoms with van der Waals surface area (Å²) in [6.45, 7) is 3.79. The van der Waals surface area contributed by atoms with Crippen molar-refractivity contribution < 1.29 is 9.90 Å². The molecule has 1 amide bonds. The minimum atomic E-state index is -0.503. The van der Waals surface area contributed by atoms with Crippen LogP contribution in [0.3, 0.4) is 0 Å². The number of benzene rings is 2. The van der Waals surface area contributed by atoms with Crippen LogP contribution in [0.4, 0.5) is 0 Å². The molecule has 0 bridgehead atoms. The van der Waals surface area contributed by atoms with Gasteiger partial charge in [-0.25, -0.2) is 0 Å². The lowest BCUT2D eigenvalue weighted by atomic mass is 9.95. The maximum Gasteiger partial charge on any atom is 0.220 e. The van der Waals surface area contributed by atoms with Crippen molar-refractivity contribution in [3.05, 3.63) is 70.4 Å². The highest BCUT2D eigenvalue weighted by Crippen LogP contribution is 2.38. The number of fused-ring (bicyclic) bond motifs is 1. The molecule has 0 spiro atoms. The molecule has 2 N–H and O–H groups in total. The lowest BCUT2D eigenvalue weighted by Gasteiger charge is -2.22. The third kappa shape index (κ3) is 3.44. The number of nitrogens with one attached hydrogen (secondary N) is 1. The topological polar surface area (TPSA) is 62.2 Å². The van der Waals surface area contributed by atoms with Gasteiger partial charge in [0, 0.05) is 23.6 Å². The first-order chi connectivity index (χ1) is 12.0. The number of aryl methyl sites for hydroxylation is 1. The Morgan fingerprint density at radius 2 is 2.00 bits per heavy atom. The second kappa shape index (κ2) is 7.11. The largest absolute Gasteiger partial charge is 0.505 e. The van der Waals surface area contributed by atoms with Crippen molar-refractivity contribution in [2.24, 2.45) is 0 Å². The van der Waals surface area contributed by atoms with Gasteiger partial charge in [-0.1, -0.05) is 48.4 Å². The predicted octanol–water partition coefficient (Wildman–Crippen LogP) is 4.52. The third-order valence-corrected chi connectivity index (χ3v) is 4.51. The zero-order valence-electron chi connectivity index (χ0n) is 14.1. The highest BCUT2D eigenvalue weighted by atomic mass is 35.5. The minimum absolute atomic E-state index is 0.0296. The van der Waals surface area contributed by atoms with Crippen LogP contribution in [0.2, 0.25) is 5.02 Å². The van der Waals surface area contributed by atoms with E-state index in [0.717, 1.165) is 11.1 Å². The van der Waals surface area contributed by atoms with Gasteiger partial charge in [0.1, 0.15) is 11.3 Å². The summed E-state index contributed by atoms with van der Waals surface area (Å²) < 4.78 is 0. The normalized spacial score (nSPS) is 12.1. The summed E-state index contributed by atoms with van der Waals surface area (Å²) in [5, 5.41) is 14.9. The molecule has 4 nitrogen and oxygen atoms in total. The molecule has 1 atom stereocenters. The number of hydrogen-bond acceptors (Lipinski definition) is 3. The van der Waals surface area contributed by atoms with E-state index in [1.165, 1.54) is 0 Å². The fourth-order valence-corrected chi connectivity index (χ4v) is 3.06. The Bertz CT molecular complexity index is 923. The molecule has 25 heavy (non-hydrogen) atoms. The monoisotopic (exact) mass is 354 g/mol. The maximum atomic E-state index is 12.1. The summed E-state index contributed by atoms with van der Waals surface area (Å²) in [4.78, 5) is 16.3. The molecule has 128 valence electrons. The van der Waals surface area contributed by atoms with Gasteiger partial charge < -0.3 is 10.4 Å². The first kappa shape index (κ1) is 17.2. The molecule has 0 saturated heterocycles. The summed E-state index contributed by atoms with van der Waals surface area (Å²) >= 11 is 6.40. The van der Waals surface area contributed by atoms with Crippen LogP contribution >= 0.6 is 11.6 Å². The van der Waals surface area contributed by atoms with Gasteiger partial charge in [0.25, 0.3) is 0 Å². The Labute approximate surface area is 151 Å². The molecule has 5 heteroatoms. The van der Waals surface area contributed by atoms with Gasteiger partial charge in [-0.2, -0.15) is 0 Å². The number of carbonyl (C=O) groups is 1. The number of carbonyl (C=O) groups excluding carboxylic acids is 1. The summed E-state index contributed by atoms with van der Waals surface area (Å²) in [7, 11) is 0. The first-order valence-electron chi connectivity index (χ1n) is 8.13. The van der Waals surface area contributed by atoms with E-state index >= 15 is 0 Å². The average molecular weight is 355 g/mol. The molecule has 0 saturated carbocycles. The zero-order chi connectivity index (χ0) is 18.0. The molecule has 2 aromatic carbocycles. The highest BCUT2D eigenvalue weighted by Gasteiger charge is 2.22. The first-order valence-corrected chi connectivity index (χ1v) is 8.51. The van der Waals surface area contributed by atoms with Crippen molar-refractivity contribution in [1.29, 1.82) is 0 Å². The highest BCUT2D eigenvalue weighted by molar-refractivity contribution is 6.35. The van der Waals surface area contributed by atoms with Crippen LogP contribution < -0.4 is 5.32 Å². The van der Waals surface area contributed by atoms with Gasteiger partial charge >= 0.3 is 0 Å². The van der Waals surface area contributed by atoms with Crippen molar-refractivity contribution in [1.82, 2.24) is 10.3 Å². The quantitative estimate of drug-likeness (QED) is 0.724. The predicted molar refractivity (Wildman–Crippen MR) is 99.9 cm³/mol. The number of amides is 1. The van der Waals surface area contributed by atoms with Crippen LogP contribution in [0.25, 0.3) is 10.9 Å². The molecule has 0 fully saturated rings. The number of aromatic hydroxyl groups is 1. The van der Waals surface area contributed by atoms with Crippen LogP contribution in [0.1, 0.15) is 36.1 Å². The smallest absolute Gasteiger partial charge is 0.220 e. The van der Waals surface area contributed by atoms with Gasteiger partial charge in [0.2, 0.25) is 5.91 Å². The molecule has 3 aromatic rings. The number of halogens is 1. The Balaban J connectivity index is 2.18. The second-order valence-corrected chi connectivity index (χ2v) is 6.37. The van der Waals surface area contributed by atoms with E-state index in [4.69, 9.17) is 11.6 Å². The Morgan fingerprint density at radius 3 is 2.68 bits per heavy atom. The van der Waals surface area contributed by atoms with E-state index in [9.17, 15) is 9.90 Å². The molecular weight excluding hydrogens is 336 g/mol. The van der Waals surface area contributed by atoms with Crippen LogP contribution in [-0.4, -0.2) is 16.0 Å². The average Bonchev–Trinajstić information content (AvgIpc) is 2.63. The second-order valence-electron chi connectivity index (χ2n) is 5.96. The number of aromatic nitrogens is 1. The summed E-state index contributed by atoms with van der Waals surface area (Å²) in [6, 6.07) is 12.6. The summed E-state index contributed by atoms with van der Waals surface area (Å²) in [6.07, 6.45) is 1.95. The van der Waals surface area contributed by atoms with E-state index in [1.807, 2.05) is 31.2 Å². The number of rotatable bonds is 4. The zero-order valence-corrected chi connectivity index (χ0v) is 14.8. The molecular formula is C20H19ClN2O2. The molecule has 0 aliphatic carbocycles. The van der Waals surface area contributed by atoms with Crippen LogP contribution in [0, 0.1) is 6.92 Å². The SMILES string of the molecule is CCC(=O)N[C@H](c1ccc(C)cc1)c1cc(Cl)c2cccnc2c1O. The summed E-state index contributed by atoms with van der Waals surface area (Å²) in [5.74, 6) is -0.0795. The van der Waals surface area contributed by atoms with Gasteiger partial charge in [-0.05, 0) is 30.7 Å². The van der Waals surface area contributed by atoms with Crippen LogP contribution in [0.5, 0.6) is 5.75 Å². The lowest BCUT2D eigenvalue weighted by Crippen LogP contribution is -2.28. The number of phenols is 1. The molecule has 0 aliphatic rings. The van der Waals surface area contributed by atoms with Crippen molar-refractivity contribution in [2.75, 3.05) is 0 Å². The molecule has 0 aliphatic heterocycles. The Hall–Kier alpha value is -2.59. The van der Waals surface area contributed by atoms with E-state index in [2.05, 4.69) is 10.3 Å². The lowest BCUT2D eigenvalue weighted by molar-refractivity contribution is -0.121. The van der Waals surface area contributed by atoms with E-state index < -0.39 is 6.04 Å². The molecule has 0 radical (unpaired) electrons. The fraction of sp³-hybridized carbons (Fsp3) is 0.200. The van der Waals surface area contributed by atoms with E-state index in [1.54, 1.807) is 31.3 Å². The van der Waals surface area contributed by atoms with Gasteiger partial charge in [-0.3, -0.25) is 9.78 Å². The number of phenolic OH excluding ortho intramolecular Hbond substituents is 1. The van der Waals surface area contributed by atoms with Gasteiger partial charge in [0.15, 0.2) is 0 Å². The number of hydrogen-bond donors (Lipinski definition) is 2. The van der Waals surface area contributed by atoms with Crippen molar-refractivity contribution >= 4 is 28.4 Å². The fourth-order valence-electron chi connectivity index (χ4n) is 2.79. The minimum Gasteiger partial charge on any atom is -0.505 e. The maximum absolute atomic E-state index is 12.1. The Kier molecular flexibility index (Phi) is 4.91. The Morgan fingerprint density at radius 1 is 1.28 bits per heavy atom.